The third-order valence-corrected chi connectivity index (χ3v) is 7.09. The largest absolute Gasteiger partial charge is 0.356 e. The van der Waals surface area contributed by atoms with E-state index in [1.165, 1.54) is 38.4 Å². The number of rotatable bonds is 5. The molecule has 2 aliphatic rings. The van der Waals surface area contributed by atoms with Crippen molar-refractivity contribution >= 4 is 15.8 Å². The molecule has 6 nitrogen and oxygen atoms in total. The molecule has 7 heteroatoms. The molecule has 3 rings (SSSR count). The van der Waals surface area contributed by atoms with E-state index in [9.17, 15) is 8.42 Å². The van der Waals surface area contributed by atoms with E-state index in [2.05, 4.69) is 27.6 Å². The van der Waals surface area contributed by atoms with Crippen LogP contribution in [0.3, 0.4) is 0 Å². The zero-order chi connectivity index (χ0) is 19.4. The van der Waals surface area contributed by atoms with Gasteiger partial charge in [0.2, 0.25) is 0 Å². The first-order chi connectivity index (χ1) is 12.9. The van der Waals surface area contributed by atoms with Crippen LogP contribution in [0.2, 0.25) is 0 Å². The van der Waals surface area contributed by atoms with Crippen molar-refractivity contribution in [1.82, 2.24) is 15.5 Å². The normalized spacial score (nSPS) is 26.6. The lowest BCUT2D eigenvalue weighted by Crippen LogP contribution is -2.56. The Balaban J connectivity index is 1.47. The minimum atomic E-state index is -3.13. The van der Waals surface area contributed by atoms with Gasteiger partial charge in [-0.15, -0.1) is 0 Å². The number of fused-ring (bicyclic) bond motifs is 2. The van der Waals surface area contributed by atoms with Crippen LogP contribution in [0.4, 0.5) is 0 Å². The molecule has 0 spiro atoms. The van der Waals surface area contributed by atoms with Gasteiger partial charge in [0.25, 0.3) is 0 Å². The number of piperidine rings is 2. The average Bonchev–Trinajstić information content (AvgIpc) is 2.61. The highest BCUT2D eigenvalue weighted by molar-refractivity contribution is 7.90. The van der Waals surface area contributed by atoms with Gasteiger partial charge in [0, 0.05) is 38.0 Å². The molecule has 2 atom stereocenters. The van der Waals surface area contributed by atoms with Crippen molar-refractivity contribution in [1.29, 1.82) is 0 Å². The van der Waals surface area contributed by atoms with Crippen molar-refractivity contribution in [2.45, 2.75) is 61.5 Å². The van der Waals surface area contributed by atoms with E-state index in [0.717, 1.165) is 24.5 Å². The minimum absolute atomic E-state index is 0.365. The Morgan fingerprint density at radius 1 is 1.19 bits per heavy atom. The highest BCUT2D eigenvalue weighted by atomic mass is 32.2. The molecular weight excluding hydrogens is 360 g/mol. The molecular formula is C20H32N4O2S. The van der Waals surface area contributed by atoms with Crippen LogP contribution < -0.4 is 10.6 Å². The van der Waals surface area contributed by atoms with Crippen molar-refractivity contribution in [3.8, 4) is 0 Å². The molecule has 2 fully saturated rings. The molecule has 0 aliphatic carbocycles. The highest BCUT2D eigenvalue weighted by Gasteiger charge is 2.36. The topological polar surface area (TPSA) is 73.8 Å². The molecule has 0 amide bonds. The van der Waals surface area contributed by atoms with Crippen LogP contribution in [-0.2, 0) is 16.3 Å². The molecule has 27 heavy (non-hydrogen) atoms. The summed E-state index contributed by atoms with van der Waals surface area (Å²) in [5.41, 5.74) is 1.11. The number of guanidine groups is 1. The Bertz CT molecular complexity index is 747. The maximum atomic E-state index is 11.5. The summed E-state index contributed by atoms with van der Waals surface area (Å²) in [5.74, 6) is 0.857. The van der Waals surface area contributed by atoms with E-state index < -0.39 is 9.84 Å². The van der Waals surface area contributed by atoms with Gasteiger partial charge < -0.3 is 15.5 Å². The lowest BCUT2D eigenvalue weighted by atomic mass is 9.82. The second-order valence-electron chi connectivity index (χ2n) is 7.88. The van der Waals surface area contributed by atoms with Crippen molar-refractivity contribution < 1.29 is 8.42 Å². The summed E-state index contributed by atoms with van der Waals surface area (Å²) in [6, 6.07) is 8.99. The molecule has 1 aromatic carbocycles. The van der Waals surface area contributed by atoms with Crippen molar-refractivity contribution in [2.24, 2.45) is 4.99 Å². The summed E-state index contributed by atoms with van der Waals surface area (Å²) >= 11 is 0. The first-order valence-corrected chi connectivity index (χ1v) is 11.7. The molecule has 2 saturated heterocycles. The Kier molecular flexibility index (Phi) is 6.42. The summed E-state index contributed by atoms with van der Waals surface area (Å²) in [6.45, 7) is 0.761. The first kappa shape index (κ1) is 20.1. The fourth-order valence-electron chi connectivity index (χ4n) is 4.35. The molecule has 0 aromatic heterocycles. The monoisotopic (exact) mass is 392 g/mol. The van der Waals surface area contributed by atoms with Gasteiger partial charge >= 0.3 is 0 Å². The maximum absolute atomic E-state index is 11.5. The van der Waals surface area contributed by atoms with Crippen molar-refractivity contribution in [3.05, 3.63) is 29.8 Å². The third-order valence-electron chi connectivity index (χ3n) is 5.96. The predicted octanol–water partition coefficient (Wildman–Crippen LogP) is 1.81. The number of hydrogen-bond acceptors (Lipinski definition) is 4. The Labute approximate surface area is 163 Å². The van der Waals surface area contributed by atoms with Gasteiger partial charge in [0.15, 0.2) is 15.8 Å². The van der Waals surface area contributed by atoms with Crippen LogP contribution in [0.5, 0.6) is 0 Å². The number of sulfone groups is 1. The number of aliphatic imine (C=N–C) groups is 1. The van der Waals surface area contributed by atoms with E-state index >= 15 is 0 Å². The predicted molar refractivity (Wildman–Crippen MR) is 110 cm³/mol. The van der Waals surface area contributed by atoms with Gasteiger partial charge in [0.05, 0.1) is 4.90 Å². The molecule has 2 unspecified atom stereocenters. The second-order valence-corrected chi connectivity index (χ2v) is 9.90. The Hall–Kier alpha value is -1.60. The first-order valence-electron chi connectivity index (χ1n) is 9.85. The second kappa shape index (κ2) is 8.61. The summed E-state index contributed by atoms with van der Waals surface area (Å²) < 4.78 is 23.1. The van der Waals surface area contributed by atoms with Crippen LogP contribution in [0.1, 0.15) is 37.7 Å². The maximum Gasteiger partial charge on any atom is 0.191 e. The highest BCUT2D eigenvalue weighted by Crippen LogP contribution is 2.32. The Morgan fingerprint density at radius 3 is 2.37 bits per heavy atom. The number of benzene rings is 1. The fourth-order valence-corrected chi connectivity index (χ4v) is 4.98. The SMILES string of the molecule is CN=C(NCCc1ccc(S(C)(=O)=O)cc1)NC1CC2CCCC(C1)N2C. The van der Waals surface area contributed by atoms with Gasteiger partial charge in [0.1, 0.15) is 0 Å². The molecule has 2 bridgehead atoms. The zero-order valence-electron chi connectivity index (χ0n) is 16.6. The summed E-state index contributed by atoms with van der Waals surface area (Å²) in [6.07, 6.45) is 8.39. The van der Waals surface area contributed by atoms with Crippen molar-refractivity contribution in [3.63, 3.8) is 0 Å². The summed E-state index contributed by atoms with van der Waals surface area (Å²) in [7, 11) is 0.950. The molecule has 2 aliphatic heterocycles. The number of hydrogen-bond donors (Lipinski definition) is 2. The van der Waals surface area contributed by atoms with Gasteiger partial charge in [-0.2, -0.15) is 0 Å². The van der Waals surface area contributed by atoms with E-state index in [-0.39, 0.29) is 0 Å². The quantitative estimate of drug-likeness (QED) is 0.591. The molecule has 0 radical (unpaired) electrons. The smallest absolute Gasteiger partial charge is 0.191 e. The van der Waals surface area contributed by atoms with Crippen molar-refractivity contribution in [2.75, 3.05) is 26.9 Å². The van der Waals surface area contributed by atoms with E-state index in [0.29, 0.717) is 23.0 Å². The summed E-state index contributed by atoms with van der Waals surface area (Å²) in [5, 5.41) is 7.00. The average molecular weight is 393 g/mol. The van der Waals surface area contributed by atoms with E-state index in [1.807, 2.05) is 19.2 Å². The third kappa shape index (κ3) is 5.23. The van der Waals surface area contributed by atoms with Crippen LogP contribution >= 0.6 is 0 Å². The van der Waals surface area contributed by atoms with Gasteiger partial charge in [-0.25, -0.2) is 8.42 Å². The van der Waals surface area contributed by atoms with Gasteiger partial charge in [-0.05, 0) is 56.8 Å². The molecule has 1 aromatic rings. The van der Waals surface area contributed by atoms with Crippen LogP contribution in [0, 0.1) is 0 Å². The molecule has 2 N–H and O–H groups in total. The zero-order valence-corrected chi connectivity index (χ0v) is 17.4. The molecule has 0 saturated carbocycles. The number of nitrogens with zero attached hydrogens (tertiary/aromatic N) is 2. The standard InChI is InChI=1S/C20H32N4O2S/c1-21-20(23-16-13-17-5-4-6-18(14-16)24(17)2)22-12-11-15-7-9-19(10-8-15)27(3,25)26/h7-10,16-18H,4-6,11-14H2,1-3H3,(H2,21,22,23). The van der Waals surface area contributed by atoms with E-state index in [1.54, 1.807) is 12.1 Å². The summed E-state index contributed by atoms with van der Waals surface area (Å²) in [4.78, 5) is 7.31. The van der Waals surface area contributed by atoms with Crippen LogP contribution in [-0.4, -0.2) is 64.3 Å². The molecule has 150 valence electrons. The minimum Gasteiger partial charge on any atom is -0.356 e. The fraction of sp³-hybridized carbons (Fsp3) is 0.650. The molecule has 2 heterocycles. The van der Waals surface area contributed by atoms with Crippen LogP contribution in [0.25, 0.3) is 0 Å². The van der Waals surface area contributed by atoms with E-state index in [4.69, 9.17) is 0 Å². The number of nitrogens with one attached hydrogen (secondary N) is 2. The lowest BCUT2D eigenvalue weighted by Gasteiger charge is -2.47. The van der Waals surface area contributed by atoms with Gasteiger partial charge in [-0.3, -0.25) is 4.99 Å². The van der Waals surface area contributed by atoms with Gasteiger partial charge in [-0.1, -0.05) is 18.6 Å². The lowest BCUT2D eigenvalue weighted by molar-refractivity contribution is 0.0526. The Morgan fingerprint density at radius 2 is 1.81 bits per heavy atom. The van der Waals surface area contributed by atoms with Crippen LogP contribution in [0.15, 0.2) is 34.2 Å².